The van der Waals surface area contributed by atoms with E-state index in [2.05, 4.69) is 25.1 Å². The Balaban J connectivity index is 1.61. The zero-order chi connectivity index (χ0) is 17.6. The molecule has 1 unspecified atom stereocenters. The fourth-order valence-corrected chi connectivity index (χ4v) is 3.65. The number of amides is 1. The van der Waals surface area contributed by atoms with Crippen molar-refractivity contribution in [3.63, 3.8) is 0 Å². The first kappa shape index (κ1) is 17.7. The van der Waals surface area contributed by atoms with Crippen molar-refractivity contribution in [1.29, 1.82) is 0 Å². The molecule has 0 saturated carbocycles. The van der Waals surface area contributed by atoms with E-state index in [1.165, 1.54) is 23.3 Å². The standard InChI is InChI=1S/C22H26FNO/c1-17-5-4-6-18(15-17)8-13-22(25)24-14-3-2-7-20(16-24)19-9-11-21(23)12-10-19/h4-6,9-12,15,20H,2-3,7-8,13-14,16H2,1H3. The van der Waals surface area contributed by atoms with Gasteiger partial charge in [-0.3, -0.25) is 4.79 Å². The summed E-state index contributed by atoms with van der Waals surface area (Å²) in [6.07, 6.45) is 4.57. The maximum absolute atomic E-state index is 13.2. The van der Waals surface area contributed by atoms with E-state index in [0.717, 1.165) is 44.3 Å². The normalized spacial score (nSPS) is 18.0. The molecular formula is C22H26FNO. The van der Waals surface area contributed by atoms with Crippen LogP contribution in [-0.2, 0) is 11.2 Å². The highest BCUT2D eigenvalue weighted by Crippen LogP contribution is 2.27. The predicted molar refractivity (Wildman–Crippen MR) is 99.1 cm³/mol. The third kappa shape index (κ3) is 4.91. The van der Waals surface area contributed by atoms with Crippen molar-refractivity contribution in [2.45, 2.75) is 44.9 Å². The van der Waals surface area contributed by atoms with Crippen LogP contribution in [0.2, 0.25) is 0 Å². The van der Waals surface area contributed by atoms with E-state index in [0.29, 0.717) is 12.3 Å². The van der Waals surface area contributed by atoms with Crippen molar-refractivity contribution in [2.24, 2.45) is 0 Å². The Morgan fingerprint density at radius 2 is 1.96 bits per heavy atom. The van der Waals surface area contributed by atoms with Gasteiger partial charge in [0.05, 0.1) is 0 Å². The lowest BCUT2D eigenvalue weighted by molar-refractivity contribution is -0.131. The molecule has 0 bridgehead atoms. The largest absolute Gasteiger partial charge is 0.342 e. The molecule has 132 valence electrons. The number of hydrogen-bond acceptors (Lipinski definition) is 1. The van der Waals surface area contributed by atoms with E-state index in [4.69, 9.17) is 0 Å². The molecule has 0 spiro atoms. The molecule has 3 heteroatoms. The Morgan fingerprint density at radius 3 is 2.72 bits per heavy atom. The molecule has 25 heavy (non-hydrogen) atoms. The molecule has 2 aromatic carbocycles. The molecule has 1 saturated heterocycles. The van der Waals surface area contributed by atoms with Crippen LogP contribution in [0.1, 0.15) is 48.3 Å². The summed E-state index contributed by atoms with van der Waals surface area (Å²) in [6.45, 7) is 3.66. The van der Waals surface area contributed by atoms with Crippen molar-refractivity contribution >= 4 is 5.91 Å². The maximum atomic E-state index is 13.2. The predicted octanol–water partition coefficient (Wildman–Crippen LogP) is 4.86. The van der Waals surface area contributed by atoms with Crippen molar-refractivity contribution in [1.82, 2.24) is 4.90 Å². The molecule has 1 aliphatic heterocycles. The lowest BCUT2D eigenvalue weighted by atomic mass is 9.94. The average molecular weight is 339 g/mol. The lowest BCUT2D eigenvalue weighted by Crippen LogP contribution is -2.34. The number of nitrogens with zero attached hydrogens (tertiary/aromatic N) is 1. The van der Waals surface area contributed by atoms with Crippen LogP contribution in [0.4, 0.5) is 4.39 Å². The molecule has 1 fully saturated rings. The van der Waals surface area contributed by atoms with E-state index >= 15 is 0 Å². The Morgan fingerprint density at radius 1 is 1.16 bits per heavy atom. The first-order chi connectivity index (χ1) is 12.1. The van der Waals surface area contributed by atoms with Gasteiger partial charge in [0.2, 0.25) is 5.91 Å². The summed E-state index contributed by atoms with van der Waals surface area (Å²) in [7, 11) is 0. The highest BCUT2D eigenvalue weighted by atomic mass is 19.1. The van der Waals surface area contributed by atoms with Gasteiger partial charge < -0.3 is 4.90 Å². The molecule has 0 radical (unpaired) electrons. The Labute approximate surface area is 149 Å². The third-order valence-corrected chi connectivity index (χ3v) is 5.08. The van der Waals surface area contributed by atoms with Gasteiger partial charge in [-0.15, -0.1) is 0 Å². The molecule has 0 N–H and O–H groups in total. The lowest BCUT2D eigenvalue weighted by Gasteiger charge is -2.25. The second kappa shape index (κ2) is 8.28. The first-order valence-electron chi connectivity index (χ1n) is 9.20. The highest BCUT2D eigenvalue weighted by molar-refractivity contribution is 5.76. The quantitative estimate of drug-likeness (QED) is 0.779. The van der Waals surface area contributed by atoms with Gasteiger partial charge in [0.1, 0.15) is 5.82 Å². The van der Waals surface area contributed by atoms with Crippen LogP contribution in [0.5, 0.6) is 0 Å². The van der Waals surface area contributed by atoms with Crippen molar-refractivity contribution in [3.8, 4) is 0 Å². The Bertz CT molecular complexity index is 710. The third-order valence-electron chi connectivity index (χ3n) is 5.08. The number of hydrogen-bond donors (Lipinski definition) is 0. The van der Waals surface area contributed by atoms with E-state index < -0.39 is 0 Å². The maximum Gasteiger partial charge on any atom is 0.222 e. The van der Waals surface area contributed by atoms with Crippen molar-refractivity contribution in [3.05, 3.63) is 71.0 Å². The van der Waals surface area contributed by atoms with Crippen molar-refractivity contribution < 1.29 is 9.18 Å². The van der Waals surface area contributed by atoms with Crippen LogP contribution >= 0.6 is 0 Å². The molecule has 1 amide bonds. The summed E-state index contributed by atoms with van der Waals surface area (Å²) >= 11 is 0. The fraction of sp³-hybridized carbons (Fsp3) is 0.409. The topological polar surface area (TPSA) is 20.3 Å². The molecule has 0 aliphatic carbocycles. The van der Waals surface area contributed by atoms with Gasteiger partial charge in [-0.05, 0) is 49.4 Å². The Kier molecular flexibility index (Phi) is 5.85. The molecule has 1 aliphatic rings. The second-order valence-electron chi connectivity index (χ2n) is 7.07. The van der Waals surface area contributed by atoms with Gasteiger partial charge in [0, 0.05) is 25.4 Å². The summed E-state index contributed by atoms with van der Waals surface area (Å²) in [5, 5.41) is 0. The monoisotopic (exact) mass is 339 g/mol. The van der Waals surface area contributed by atoms with Crippen LogP contribution in [0.3, 0.4) is 0 Å². The van der Waals surface area contributed by atoms with Gasteiger partial charge >= 0.3 is 0 Å². The summed E-state index contributed by atoms with van der Waals surface area (Å²) in [5.41, 5.74) is 3.59. The van der Waals surface area contributed by atoms with Gasteiger partial charge in [0.25, 0.3) is 0 Å². The zero-order valence-corrected chi connectivity index (χ0v) is 14.9. The minimum Gasteiger partial charge on any atom is -0.342 e. The second-order valence-corrected chi connectivity index (χ2v) is 7.07. The number of carbonyl (C=O) groups excluding carboxylic acids is 1. The van der Waals surface area contributed by atoms with Crippen LogP contribution in [0.15, 0.2) is 48.5 Å². The van der Waals surface area contributed by atoms with Gasteiger partial charge in [-0.25, -0.2) is 4.39 Å². The molecule has 2 aromatic rings. The zero-order valence-electron chi connectivity index (χ0n) is 14.9. The van der Waals surface area contributed by atoms with Crippen molar-refractivity contribution in [2.75, 3.05) is 13.1 Å². The highest BCUT2D eigenvalue weighted by Gasteiger charge is 2.23. The van der Waals surface area contributed by atoms with Gasteiger partial charge in [-0.1, -0.05) is 48.4 Å². The summed E-state index contributed by atoms with van der Waals surface area (Å²) < 4.78 is 13.2. The molecule has 1 atom stereocenters. The van der Waals surface area contributed by atoms with Gasteiger partial charge in [-0.2, -0.15) is 0 Å². The summed E-state index contributed by atoms with van der Waals surface area (Å²) in [4.78, 5) is 14.7. The minimum atomic E-state index is -0.205. The number of aryl methyl sites for hydroxylation is 2. The number of benzene rings is 2. The van der Waals surface area contributed by atoms with E-state index in [1.54, 1.807) is 0 Å². The molecule has 3 rings (SSSR count). The number of rotatable bonds is 4. The van der Waals surface area contributed by atoms with E-state index in [9.17, 15) is 9.18 Å². The smallest absolute Gasteiger partial charge is 0.222 e. The Hall–Kier alpha value is -2.16. The summed E-state index contributed by atoms with van der Waals surface area (Å²) in [5.74, 6) is 0.338. The van der Waals surface area contributed by atoms with E-state index in [-0.39, 0.29) is 11.7 Å². The van der Waals surface area contributed by atoms with Gasteiger partial charge in [0.15, 0.2) is 0 Å². The van der Waals surface area contributed by atoms with E-state index in [1.807, 2.05) is 23.1 Å². The number of halogens is 1. The van der Waals surface area contributed by atoms with Crippen LogP contribution < -0.4 is 0 Å². The van der Waals surface area contributed by atoms with Crippen LogP contribution in [-0.4, -0.2) is 23.9 Å². The number of likely N-dealkylation sites (tertiary alicyclic amines) is 1. The molecule has 1 heterocycles. The molecule has 2 nitrogen and oxygen atoms in total. The van der Waals surface area contributed by atoms with Crippen LogP contribution in [0, 0.1) is 12.7 Å². The SMILES string of the molecule is Cc1cccc(CCC(=O)N2CCCCC(c3ccc(F)cc3)C2)c1. The first-order valence-corrected chi connectivity index (χ1v) is 9.20. The minimum absolute atomic E-state index is 0.205. The fourth-order valence-electron chi connectivity index (χ4n) is 3.65. The molecular weight excluding hydrogens is 313 g/mol. The molecule has 0 aromatic heterocycles. The summed E-state index contributed by atoms with van der Waals surface area (Å²) in [6, 6.07) is 15.1. The average Bonchev–Trinajstić information content (AvgIpc) is 2.87. The van der Waals surface area contributed by atoms with Crippen LogP contribution in [0.25, 0.3) is 0 Å². The number of carbonyl (C=O) groups is 1.